The number of rotatable bonds is 4. The van der Waals surface area contributed by atoms with Crippen LogP contribution in [0.25, 0.3) is 0 Å². The first kappa shape index (κ1) is 23.2. The molecule has 1 aromatic carbocycles. The van der Waals surface area contributed by atoms with Crippen molar-refractivity contribution in [3.05, 3.63) is 28.8 Å². The summed E-state index contributed by atoms with van der Waals surface area (Å²) in [7, 11) is 3.32. The van der Waals surface area contributed by atoms with Gasteiger partial charge in [-0.2, -0.15) is 0 Å². The molecule has 0 aromatic heterocycles. The number of methoxy groups -OCH3 is 1. The van der Waals surface area contributed by atoms with Gasteiger partial charge in [-0.05, 0) is 35.8 Å². The van der Waals surface area contributed by atoms with Gasteiger partial charge in [-0.3, -0.25) is 9.59 Å². The number of amides is 2. The molecule has 1 aromatic rings. The summed E-state index contributed by atoms with van der Waals surface area (Å²) in [4.78, 5) is 26.0. The fourth-order valence-corrected chi connectivity index (χ4v) is 4.19. The van der Waals surface area contributed by atoms with Crippen LogP contribution < -0.4 is 15.4 Å². The second-order valence-electron chi connectivity index (χ2n) is 10.3. The first-order chi connectivity index (χ1) is 13.4. The van der Waals surface area contributed by atoms with Gasteiger partial charge in [0.25, 0.3) is 5.91 Å². The standard InChI is InChI=1S/C24H38N2O3/c1-22(2,3)17-14-16(15-18(19(17)29-8)23(4,5)6)20(27)26-24(21(28)25-7)12-10-9-11-13-24/h14-15H,9-13H2,1-8H3,(H,25,28)(H,26,27). The lowest BCUT2D eigenvalue weighted by molar-refractivity contribution is -0.128. The van der Waals surface area contributed by atoms with Crippen LogP contribution in [0.1, 0.15) is 95.1 Å². The number of hydrogen-bond acceptors (Lipinski definition) is 3. The maximum atomic E-state index is 13.4. The van der Waals surface area contributed by atoms with Gasteiger partial charge in [-0.25, -0.2) is 0 Å². The van der Waals surface area contributed by atoms with E-state index in [1.54, 1.807) is 14.2 Å². The number of carbonyl (C=O) groups is 2. The number of ether oxygens (including phenoxy) is 1. The van der Waals surface area contributed by atoms with Crippen molar-refractivity contribution in [2.45, 2.75) is 90.0 Å². The summed E-state index contributed by atoms with van der Waals surface area (Å²) in [6, 6.07) is 3.84. The normalized spacial score (nSPS) is 16.8. The third-order valence-corrected chi connectivity index (χ3v) is 5.89. The average molecular weight is 403 g/mol. The Morgan fingerprint density at radius 1 is 0.931 bits per heavy atom. The van der Waals surface area contributed by atoms with Crippen molar-refractivity contribution in [1.29, 1.82) is 0 Å². The van der Waals surface area contributed by atoms with Gasteiger partial charge in [0.1, 0.15) is 11.3 Å². The zero-order valence-electron chi connectivity index (χ0n) is 19.4. The predicted molar refractivity (Wildman–Crippen MR) is 118 cm³/mol. The van der Waals surface area contributed by atoms with Crippen LogP contribution in [0.4, 0.5) is 0 Å². The summed E-state index contributed by atoms with van der Waals surface area (Å²) in [6.45, 7) is 12.7. The summed E-state index contributed by atoms with van der Waals surface area (Å²) < 4.78 is 5.79. The minimum absolute atomic E-state index is 0.105. The summed E-state index contributed by atoms with van der Waals surface area (Å²) in [5.41, 5.74) is 1.36. The molecule has 2 N–H and O–H groups in total. The molecule has 1 aliphatic rings. The minimum Gasteiger partial charge on any atom is -0.496 e. The highest BCUT2D eigenvalue weighted by Crippen LogP contribution is 2.40. The highest BCUT2D eigenvalue weighted by Gasteiger charge is 2.41. The largest absolute Gasteiger partial charge is 0.496 e. The first-order valence-electron chi connectivity index (χ1n) is 10.6. The van der Waals surface area contributed by atoms with Crippen molar-refractivity contribution in [3.63, 3.8) is 0 Å². The molecule has 1 fully saturated rings. The molecule has 0 unspecified atom stereocenters. The Bertz CT molecular complexity index is 728. The molecule has 0 bridgehead atoms. The molecule has 1 aliphatic carbocycles. The van der Waals surface area contributed by atoms with Gasteiger partial charge in [0.2, 0.25) is 5.91 Å². The van der Waals surface area contributed by atoms with Crippen molar-refractivity contribution in [1.82, 2.24) is 10.6 Å². The maximum Gasteiger partial charge on any atom is 0.252 e. The molecule has 2 rings (SSSR count). The van der Waals surface area contributed by atoms with Crippen LogP contribution in [0.15, 0.2) is 12.1 Å². The molecule has 0 aliphatic heterocycles. The van der Waals surface area contributed by atoms with Crippen LogP contribution in [0.2, 0.25) is 0 Å². The summed E-state index contributed by atoms with van der Waals surface area (Å²) >= 11 is 0. The fourth-order valence-electron chi connectivity index (χ4n) is 4.19. The van der Waals surface area contributed by atoms with Gasteiger partial charge in [0, 0.05) is 23.7 Å². The lowest BCUT2D eigenvalue weighted by Gasteiger charge is -2.36. The molecule has 0 atom stereocenters. The third kappa shape index (κ3) is 4.93. The smallest absolute Gasteiger partial charge is 0.252 e. The number of benzene rings is 1. The quantitative estimate of drug-likeness (QED) is 0.781. The Balaban J connectivity index is 2.55. The van der Waals surface area contributed by atoms with Crippen molar-refractivity contribution in [2.24, 2.45) is 0 Å². The Morgan fingerprint density at radius 2 is 1.41 bits per heavy atom. The van der Waals surface area contributed by atoms with E-state index < -0.39 is 5.54 Å². The number of likely N-dealkylation sites (N-methyl/N-ethyl adjacent to an activating group) is 1. The van der Waals surface area contributed by atoms with Crippen LogP contribution in [0.5, 0.6) is 5.75 Å². The fraction of sp³-hybridized carbons (Fsp3) is 0.667. The maximum absolute atomic E-state index is 13.4. The predicted octanol–water partition coefficient (Wildman–Crippen LogP) is 4.47. The van der Waals surface area contributed by atoms with Gasteiger partial charge in [-0.15, -0.1) is 0 Å². The molecule has 2 amide bonds. The molecule has 0 radical (unpaired) electrons. The molecule has 29 heavy (non-hydrogen) atoms. The SMILES string of the molecule is CNC(=O)C1(NC(=O)c2cc(C(C)(C)C)c(OC)c(C(C)(C)C)c2)CCCCC1. The van der Waals surface area contributed by atoms with Crippen molar-refractivity contribution >= 4 is 11.8 Å². The number of carbonyl (C=O) groups excluding carboxylic acids is 2. The minimum atomic E-state index is -0.826. The van der Waals surface area contributed by atoms with Gasteiger partial charge in [-0.1, -0.05) is 60.8 Å². The lowest BCUT2D eigenvalue weighted by atomic mass is 9.77. The van der Waals surface area contributed by atoms with E-state index in [4.69, 9.17) is 4.74 Å². The Morgan fingerprint density at radius 3 is 1.79 bits per heavy atom. The molecular formula is C24H38N2O3. The zero-order valence-corrected chi connectivity index (χ0v) is 19.4. The summed E-state index contributed by atoms with van der Waals surface area (Å²) in [5.74, 6) is 0.528. The monoisotopic (exact) mass is 402 g/mol. The second-order valence-corrected chi connectivity index (χ2v) is 10.3. The lowest BCUT2D eigenvalue weighted by Crippen LogP contribution is -2.59. The molecule has 162 valence electrons. The van der Waals surface area contributed by atoms with E-state index >= 15 is 0 Å². The summed E-state index contributed by atoms with van der Waals surface area (Å²) in [5, 5.41) is 5.85. The van der Waals surface area contributed by atoms with Gasteiger partial charge in [0.05, 0.1) is 7.11 Å². The van der Waals surface area contributed by atoms with Crippen molar-refractivity contribution in [2.75, 3.05) is 14.2 Å². The Hall–Kier alpha value is -2.04. The zero-order chi connectivity index (χ0) is 22.0. The molecule has 5 nitrogen and oxygen atoms in total. The van der Waals surface area contributed by atoms with Crippen LogP contribution in [-0.2, 0) is 15.6 Å². The highest BCUT2D eigenvalue weighted by molar-refractivity contribution is 6.00. The molecule has 0 saturated heterocycles. The van der Waals surface area contributed by atoms with Crippen molar-refractivity contribution in [3.8, 4) is 5.75 Å². The van der Waals surface area contributed by atoms with E-state index in [0.717, 1.165) is 36.1 Å². The van der Waals surface area contributed by atoms with Gasteiger partial charge < -0.3 is 15.4 Å². The second kappa shape index (κ2) is 8.37. The average Bonchev–Trinajstić information content (AvgIpc) is 2.65. The number of hydrogen-bond donors (Lipinski definition) is 2. The molecule has 5 heteroatoms. The van der Waals surface area contributed by atoms with E-state index in [0.29, 0.717) is 18.4 Å². The number of nitrogens with one attached hydrogen (secondary N) is 2. The third-order valence-electron chi connectivity index (χ3n) is 5.89. The van der Waals surface area contributed by atoms with E-state index in [1.165, 1.54) is 0 Å². The van der Waals surface area contributed by atoms with Crippen LogP contribution >= 0.6 is 0 Å². The topological polar surface area (TPSA) is 67.4 Å². The first-order valence-corrected chi connectivity index (χ1v) is 10.6. The molecule has 1 saturated carbocycles. The van der Waals surface area contributed by atoms with Gasteiger partial charge >= 0.3 is 0 Å². The summed E-state index contributed by atoms with van der Waals surface area (Å²) in [6.07, 6.45) is 4.33. The Labute approximate surface area is 176 Å². The van der Waals surface area contributed by atoms with E-state index in [2.05, 4.69) is 52.2 Å². The molecule has 0 heterocycles. The van der Waals surface area contributed by atoms with E-state index in [-0.39, 0.29) is 22.6 Å². The van der Waals surface area contributed by atoms with Crippen LogP contribution in [0.3, 0.4) is 0 Å². The Kier molecular flexibility index (Phi) is 6.71. The van der Waals surface area contributed by atoms with Crippen LogP contribution in [-0.4, -0.2) is 31.5 Å². The molecule has 0 spiro atoms. The van der Waals surface area contributed by atoms with E-state index in [1.807, 2.05) is 12.1 Å². The highest BCUT2D eigenvalue weighted by atomic mass is 16.5. The van der Waals surface area contributed by atoms with Crippen LogP contribution in [0, 0.1) is 0 Å². The van der Waals surface area contributed by atoms with Crippen molar-refractivity contribution < 1.29 is 14.3 Å². The van der Waals surface area contributed by atoms with Gasteiger partial charge in [0.15, 0.2) is 0 Å². The van der Waals surface area contributed by atoms with E-state index in [9.17, 15) is 9.59 Å². The molecular weight excluding hydrogens is 364 g/mol.